The second kappa shape index (κ2) is 5.49. The van der Waals surface area contributed by atoms with Crippen LogP contribution in [0.4, 0.5) is 8.78 Å². The molecule has 0 aliphatic heterocycles. The Morgan fingerprint density at radius 1 is 1.06 bits per heavy atom. The molecule has 0 bridgehead atoms. The Bertz CT molecular complexity index is 541. The van der Waals surface area contributed by atoms with Crippen LogP contribution in [0.15, 0.2) is 42.5 Å². The summed E-state index contributed by atoms with van der Waals surface area (Å²) in [6.45, 7) is 0.194. The largest absolute Gasteiger partial charge is 0.497 e. The molecule has 2 rings (SSSR count). The molecule has 18 heavy (non-hydrogen) atoms. The first-order chi connectivity index (χ1) is 8.69. The molecule has 2 aromatic carbocycles. The molecule has 0 unspecified atom stereocenters. The number of rotatable bonds is 4. The Morgan fingerprint density at radius 2 is 1.89 bits per heavy atom. The van der Waals surface area contributed by atoms with E-state index in [0.717, 1.165) is 17.7 Å². The van der Waals surface area contributed by atoms with Gasteiger partial charge < -0.3 is 9.47 Å². The molecule has 0 aliphatic carbocycles. The van der Waals surface area contributed by atoms with Gasteiger partial charge in [0, 0.05) is 6.07 Å². The third kappa shape index (κ3) is 2.97. The fourth-order valence-electron chi connectivity index (χ4n) is 1.52. The van der Waals surface area contributed by atoms with Crippen molar-refractivity contribution >= 4 is 0 Å². The van der Waals surface area contributed by atoms with Gasteiger partial charge in [0.2, 0.25) is 0 Å². The van der Waals surface area contributed by atoms with Crippen LogP contribution in [0.5, 0.6) is 11.5 Å². The molecular formula is C14H12F2O2. The zero-order chi connectivity index (χ0) is 13.0. The molecule has 0 spiro atoms. The molecule has 2 nitrogen and oxygen atoms in total. The predicted molar refractivity (Wildman–Crippen MR) is 63.7 cm³/mol. The topological polar surface area (TPSA) is 18.5 Å². The quantitative estimate of drug-likeness (QED) is 0.826. The van der Waals surface area contributed by atoms with Gasteiger partial charge in [0.15, 0.2) is 11.6 Å². The molecule has 4 heteroatoms. The third-order valence-electron chi connectivity index (χ3n) is 2.42. The number of methoxy groups -OCH3 is 1. The van der Waals surface area contributed by atoms with Gasteiger partial charge in [-0.15, -0.1) is 0 Å². The Labute approximate surface area is 104 Å². The minimum Gasteiger partial charge on any atom is -0.497 e. The van der Waals surface area contributed by atoms with Crippen molar-refractivity contribution in [2.24, 2.45) is 0 Å². The van der Waals surface area contributed by atoms with Crippen molar-refractivity contribution in [1.29, 1.82) is 0 Å². The van der Waals surface area contributed by atoms with Crippen LogP contribution in [0.25, 0.3) is 0 Å². The van der Waals surface area contributed by atoms with E-state index in [0.29, 0.717) is 5.75 Å². The maximum absolute atomic E-state index is 13.3. The van der Waals surface area contributed by atoms with Gasteiger partial charge in [-0.05, 0) is 29.8 Å². The lowest BCUT2D eigenvalue weighted by molar-refractivity contribution is 0.288. The van der Waals surface area contributed by atoms with E-state index in [1.54, 1.807) is 13.2 Å². The van der Waals surface area contributed by atoms with E-state index in [1.165, 1.54) is 6.07 Å². The first kappa shape index (κ1) is 12.4. The van der Waals surface area contributed by atoms with Gasteiger partial charge in [-0.3, -0.25) is 0 Å². The second-order valence-corrected chi connectivity index (χ2v) is 3.71. The highest BCUT2D eigenvalue weighted by Crippen LogP contribution is 2.20. The van der Waals surface area contributed by atoms with Gasteiger partial charge in [-0.25, -0.2) is 8.78 Å². The molecular weight excluding hydrogens is 238 g/mol. The number of hydrogen-bond acceptors (Lipinski definition) is 2. The van der Waals surface area contributed by atoms with Crippen LogP contribution in [0.1, 0.15) is 5.56 Å². The summed E-state index contributed by atoms with van der Waals surface area (Å²) in [5.74, 6) is -0.603. The van der Waals surface area contributed by atoms with Crippen LogP contribution in [0.2, 0.25) is 0 Å². The van der Waals surface area contributed by atoms with Gasteiger partial charge in [0.25, 0.3) is 0 Å². The Balaban J connectivity index is 2.06. The van der Waals surface area contributed by atoms with Crippen molar-refractivity contribution in [3.05, 3.63) is 59.7 Å². The molecule has 0 heterocycles. The average Bonchev–Trinajstić information content (AvgIpc) is 2.38. The molecule has 0 saturated heterocycles. The average molecular weight is 250 g/mol. The fourth-order valence-corrected chi connectivity index (χ4v) is 1.52. The summed E-state index contributed by atoms with van der Waals surface area (Å²) < 4.78 is 36.4. The summed E-state index contributed by atoms with van der Waals surface area (Å²) in [5, 5.41) is 0. The lowest BCUT2D eigenvalue weighted by Gasteiger charge is -2.08. The van der Waals surface area contributed by atoms with Crippen molar-refractivity contribution in [2.75, 3.05) is 7.11 Å². The molecule has 2 aromatic rings. The highest BCUT2D eigenvalue weighted by atomic mass is 19.1. The number of ether oxygens (including phenoxy) is 2. The van der Waals surface area contributed by atoms with Gasteiger partial charge in [-0.1, -0.05) is 12.1 Å². The minimum absolute atomic E-state index is 0.0271. The fraction of sp³-hybridized carbons (Fsp3) is 0.143. The monoisotopic (exact) mass is 250 g/mol. The van der Waals surface area contributed by atoms with E-state index < -0.39 is 11.6 Å². The van der Waals surface area contributed by atoms with Crippen LogP contribution in [-0.2, 0) is 6.61 Å². The molecule has 0 N–H and O–H groups in total. The lowest BCUT2D eigenvalue weighted by Crippen LogP contribution is -1.98. The van der Waals surface area contributed by atoms with E-state index in [2.05, 4.69) is 0 Å². The summed E-state index contributed by atoms with van der Waals surface area (Å²) in [7, 11) is 1.57. The predicted octanol–water partition coefficient (Wildman–Crippen LogP) is 3.55. The highest BCUT2D eigenvalue weighted by molar-refractivity contribution is 5.29. The van der Waals surface area contributed by atoms with E-state index in [4.69, 9.17) is 9.47 Å². The SMILES string of the molecule is COc1cccc(COc2ccc(F)cc2F)c1. The summed E-state index contributed by atoms with van der Waals surface area (Å²) in [4.78, 5) is 0. The van der Waals surface area contributed by atoms with E-state index in [1.807, 2.05) is 18.2 Å². The number of benzene rings is 2. The van der Waals surface area contributed by atoms with Crippen molar-refractivity contribution in [3.63, 3.8) is 0 Å². The molecule has 0 fully saturated rings. The second-order valence-electron chi connectivity index (χ2n) is 3.71. The van der Waals surface area contributed by atoms with E-state index >= 15 is 0 Å². The molecule has 0 saturated carbocycles. The standard InChI is InChI=1S/C14H12F2O2/c1-17-12-4-2-3-10(7-12)9-18-14-6-5-11(15)8-13(14)16/h2-8H,9H2,1H3. The highest BCUT2D eigenvalue weighted by Gasteiger charge is 2.05. The molecule has 0 atom stereocenters. The van der Waals surface area contributed by atoms with Crippen LogP contribution < -0.4 is 9.47 Å². The van der Waals surface area contributed by atoms with Crippen LogP contribution in [0, 0.1) is 11.6 Å². The van der Waals surface area contributed by atoms with Crippen LogP contribution >= 0.6 is 0 Å². The molecule has 0 aliphatic rings. The lowest BCUT2D eigenvalue weighted by atomic mass is 10.2. The smallest absolute Gasteiger partial charge is 0.167 e. The Morgan fingerprint density at radius 3 is 2.61 bits per heavy atom. The molecule has 0 aromatic heterocycles. The molecule has 0 radical (unpaired) electrons. The summed E-state index contributed by atoms with van der Waals surface area (Å²) in [5.41, 5.74) is 0.845. The van der Waals surface area contributed by atoms with Crippen LogP contribution in [0.3, 0.4) is 0 Å². The van der Waals surface area contributed by atoms with E-state index in [-0.39, 0.29) is 12.4 Å². The summed E-state index contributed by atoms with van der Waals surface area (Å²) in [6, 6.07) is 10.5. The van der Waals surface area contributed by atoms with Crippen LogP contribution in [-0.4, -0.2) is 7.11 Å². The molecule has 94 valence electrons. The summed E-state index contributed by atoms with van der Waals surface area (Å²) in [6.07, 6.45) is 0. The number of halogens is 2. The maximum atomic E-state index is 13.3. The van der Waals surface area contributed by atoms with Crippen molar-refractivity contribution < 1.29 is 18.3 Å². The van der Waals surface area contributed by atoms with Crippen molar-refractivity contribution in [3.8, 4) is 11.5 Å². The Hall–Kier alpha value is -2.10. The van der Waals surface area contributed by atoms with Gasteiger partial charge in [0.1, 0.15) is 18.2 Å². The Kier molecular flexibility index (Phi) is 3.77. The maximum Gasteiger partial charge on any atom is 0.167 e. The van der Waals surface area contributed by atoms with Gasteiger partial charge >= 0.3 is 0 Å². The minimum atomic E-state index is -0.710. The van der Waals surface area contributed by atoms with Gasteiger partial charge in [-0.2, -0.15) is 0 Å². The van der Waals surface area contributed by atoms with Crippen molar-refractivity contribution in [1.82, 2.24) is 0 Å². The summed E-state index contributed by atoms with van der Waals surface area (Å²) >= 11 is 0. The zero-order valence-corrected chi connectivity index (χ0v) is 9.82. The first-order valence-corrected chi connectivity index (χ1v) is 5.40. The third-order valence-corrected chi connectivity index (χ3v) is 2.42. The zero-order valence-electron chi connectivity index (χ0n) is 9.82. The van der Waals surface area contributed by atoms with Crippen molar-refractivity contribution in [2.45, 2.75) is 6.61 Å². The van der Waals surface area contributed by atoms with E-state index in [9.17, 15) is 8.78 Å². The normalized spacial score (nSPS) is 10.2. The first-order valence-electron chi connectivity index (χ1n) is 5.40. The number of hydrogen-bond donors (Lipinski definition) is 0. The molecule has 0 amide bonds. The van der Waals surface area contributed by atoms with Gasteiger partial charge in [0.05, 0.1) is 7.11 Å².